The van der Waals surface area contributed by atoms with Gasteiger partial charge < -0.3 is 14.4 Å². The standard InChI is InChI=1S/C16H22FNO3/c1-2-10-20-15-4-3-9-18(11-15)16(19)12-21-14-7-5-13(17)6-8-14/h5-8,15H,2-4,9-12H2,1H3/t15-/m1/s1. The van der Waals surface area contributed by atoms with E-state index in [0.29, 0.717) is 12.3 Å². The minimum atomic E-state index is -0.319. The van der Waals surface area contributed by atoms with E-state index in [-0.39, 0.29) is 24.4 Å². The lowest BCUT2D eigenvalue weighted by Gasteiger charge is -2.32. The number of rotatable bonds is 6. The number of ether oxygens (including phenoxy) is 2. The number of benzene rings is 1. The van der Waals surface area contributed by atoms with Gasteiger partial charge >= 0.3 is 0 Å². The Bertz CT molecular complexity index is 449. The lowest BCUT2D eigenvalue weighted by Crippen LogP contribution is -2.45. The summed E-state index contributed by atoms with van der Waals surface area (Å²) in [5.41, 5.74) is 0. The number of halogens is 1. The molecule has 0 unspecified atom stereocenters. The van der Waals surface area contributed by atoms with Gasteiger partial charge in [-0.3, -0.25) is 4.79 Å². The molecular formula is C16H22FNO3. The number of nitrogens with zero attached hydrogens (tertiary/aromatic N) is 1. The molecule has 0 N–H and O–H groups in total. The van der Waals surface area contributed by atoms with Gasteiger partial charge in [-0.2, -0.15) is 0 Å². The highest BCUT2D eigenvalue weighted by Crippen LogP contribution is 2.15. The first kappa shape index (κ1) is 15.8. The van der Waals surface area contributed by atoms with Crippen molar-refractivity contribution < 1.29 is 18.7 Å². The molecule has 0 spiro atoms. The van der Waals surface area contributed by atoms with E-state index >= 15 is 0 Å². The second-order valence-electron chi connectivity index (χ2n) is 5.22. The highest BCUT2D eigenvalue weighted by Gasteiger charge is 2.24. The first-order valence-corrected chi connectivity index (χ1v) is 7.46. The first-order valence-electron chi connectivity index (χ1n) is 7.46. The predicted octanol–water partition coefficient (Wildman–Crippen LogP) is 2.62. The van der Waals surface area contributed by atoms with Crippen LogP contribution in [-0.2, 0) is 9.53 Å². The lowest BCUT2D eigenvalue weighted by atomic mass is 10.1. The van der Waals surface area contributed by atoms with Crippen molar-refractivity contribution in [3.8, 4) is 5.75 Å². The number of likely N-dealkylation sites (tertiary alicyclic amines) is 1. The fourth-order valence-electron chi connectivity index (χ4n) is 2.35. The van der Waals surface area contributed by atoms with Crippen LogP contribution in [-0.4, -0.2) is 43.2 Å². The number of piperidine rings is 1. The molecule has 0 radical (unpaired) electrons. The van der Waals surface area contributed by atoms with E-state index in [0.717, 1.165) is 32.4 Å². The van der Waals surface area contributed by atoms with Gasteiger partial charge in [0, 0.05) is 19.7 Å². The fourth-order valence-corrected chi connectivity index (χ4v) is 2.35. The Morgan fingerprint density at radius 3 is 2.86 bits per heavy atom. The van der Waals surface area contributed by atoms with Crippen LogP contribution in [0.5, 0.6) is 5.75 Å². The molecule has 1 aromatic rings. The van der Waals surface area contributed by atoms with Gasteiger partial charge in [0.2, 0.25) is 0 Å². The van der Waals surface area contributed by atoms with E-state index in [4.69, 9.17) is 9.47 Å². The smallest absolute Gasteiger partial charge is 0.260 e. The molecule has 1 aromatic carbocycles. The molecule has 4 nitrogen and oxygen atoms in total. The van der Waals surface area contributed by atoms with Crippen LogP contribution < -0.4 is 4.74 Å². The van der Waals surface area contributed by atoms with Gasteiger partial charge in [0.05, 0.1) is 6.10 Å². The third kappa shape index (κ3) is 5.01. The Morgan fingerprint density at radius 2 is 2.14 bits per heavy atom. The van der Waals surface area contributed by atoms with Crippen LogP contribution in [0.25, 0.3) is 0 Å². The Balaban J connectivity index is 1.78. The summed E-state index contributed by atoms with van der Waals surface area (Å²) < 4.78 is 23.9. The van der Waals surface area contributed by atoms with Gasteiger partial charge in [0.15, 0.2) is 6.61 Å². The van der Waals surface area contributed by atoms with Crippen LogP contribution in [0, 0.1) is 5.82 Å². The van der Waals surface area contributed by atoms with Crippen LogP contribution in [0.3, 0.4) is 0 Å². The molecule has 0 aliphatic carbocycles. The van der Waals surface area contributed by atoms with E-state index in [9.17, 15) is 9.18 Å². The van der Waals surface area contributed by atoms with Crippen molar-refractivity contribution >= 4 is 5.91 Å². The Morgan fingerprint density at radius 1 is 1.38 bits per heavy atom. The molecule has 1 saturated heterocycles. The van der Waals surface area contributed by atoms with Crippen LogP contribution in [0.1, 0.15) is 26.2 Å². The largest absolute Gasteiger partial charge is 0.484 e. The van der Waals surface area contributed by atoms with E-state index in [1.54, 1.807) is 4.90 Å². The quantitative estimate of drug-likeness (QED) is 0.810. The molecule has 116 valence electrons. The summed E-state index contributed by atoms with van der Waals surface area (Å²) in [7, 11) is 0. The van der Waals surface area contributed by atoms with Crippen molar-refractivity contribution in [2.75, 3.05) is 26.3 Å². The van der Waals surface area contributed by atoms with E-state index in [1.165, 1.54) is 24.3 Å². The van der Waals surface area contributed by atoms with Gasteiger partial charge in [-0.1, -0.05) is 6.92 Å². The second-order valence-corrected chi connectivity index (χ2v) is 5.22. The maximum Gasteiger partial charge on any atom is 0.260 e. The van der Waals surface area contributed by atoms with Crippen molar-refractivity contribution in [2.45, 2.75) is 32.3 Å². The van der Waals surface area contributed by atoms with Crippen LogP contribution in [0.15, 0.2) is 24.3 Å². The number of hydrogen-bond acceptors (Lipinski definition) is 3. The fraction of sp³-hybridized carbons (Fsp3) is 0.562. The molecule has 21 heavy (non-hydrogen) atoms. The Kier molecular flexibility index (Phi) is 5.99. The summed E-state index contributed by atoms with van der Waals surface area (Å²) in [6.07, 6.45) is 3.07. The molecular weight excluding hydrogens is 273 g/mol. The van der Waals surface area contributed by atoms with E-state index in [1.807, 2.05) is 0 Å². The van der Waals surface area contributed by atoms with Gasteiger partial charge in [0.25, 0.3) is 5.91 Å². The van der Waals surface area contributed by atoms with Crippen molar-refractivity contribution in [1.82, 2.24) is 4.90 Å². The summed E-state index contributed by atoms with van der Waals surface area (Å²) in [6, 6.07) is 5.67. The van der Waals surface area contributed by atoms with E-state index in [2.05, 4.69) is 6.92 Å². The topological polar surface area (TPSA) is 38.8 Å². The highest BCUT2D eigenvalue weighted by atomic mass is 19.1. The molecule has 5 heteroatoms. The first-order chi connectivity index (χ1) is 10.2. The summed E-state index contributed by atoms with van der Waals surface area (Å²) in [4.78, 5) is 13.9. The van der Waals surface area contributed by atoms with Crippen LogP contribution >= 0.6 is 0 Å². The maximum absolute atomic E-state index is 12.8. The zero-order valence-corrected chi connectivity index (χ0v) is 12.4. The predicted molar refractivity (Wildman–Crippen MR) is 77.7 cm³/mol. The van der Waals surface area contributed by atoms with Crippen LogP contribution in [0.4, 0.5) is 4.39 Å². The Hall–Kier alpha value is -1.62. The molecule has 1 heterocycles. The second kappa shape index (κ2) is 7.98. The average Bonchev–Trinajstić information content (AvgIpc) is 2.52. The third-order valence-corrected chi connectivity index (χ3v) is 3.46. The SMILES string of the molecule is CCCO[C@@H]1CCCN(C(=O)COc2ccc(F)cc2)C1. The molecule has 1 aliphatic rings. The highest BCUT2D eigenvalue weighted by molar-refractivity contribution is 5.77. The third-order valence-electron chi connectivity index (χ3n) is 3.46. The monoisotopic (exact) mass is 295 g/mol. The normalized spacial score (nSPS) is 18.6. The molecule has 1 fully saturated rings. The van der Waals surface area contributed by atoms with Gasteiger partial charge in [-0.15, -0.1) is 0 Å². The number of hydrogen-bond donors (Lipinski definition) is 0. The number of amides is 1. The summed E-state index contributed by atoms with van der Waals surface area (Å²) in [6.45, 7) is 4.16. The molecule has 2 rings (SSSR count). The molecule has 1 amide bonds. The van der Waals surface area contributed by atoms with Crippen molar-refractivity contribution in [3.63, 3.8) is 0 Å². The maximum atomic E-state index is 12.8. The Labute approximate surface area is 124 Å². The van der Waals surface area contributed by atoms with Crippen LogP contribution in [0.2, 0.25) is 0 Å². The van der Waals surface area contributed by atoms with E-state index < -0.39 is 0 Å². The molecule has 0 bridgehead atoms. The van der Waals surface area contributed by atoms with Gasteiger partial charge in [-0.05, 0) is 43.5 Å². The molecule has 1 atom stereocenters. The van der Waals surface area contributed by atoms with Crippen molar-refractivity contribution in [1.29, 1.82) is 0 Å². The molecule has 1 aliphatic heterocycles. The average molecular weight is 295 g/mol. The summed E-state index contributed by atoms with van der Waals surface area (Å²) >= 11 is 0. The summed E-state index contributed by atoms with van der Waals surface area (Å²) in [5.74, 6) is 0.130. The molecule has 0 saturated carbocycles. The minimum Gasteiger partial charge on any atom is -0.484 e. The molecule has 0 aromatic heterocycles. The summed E-state index contributed by atoms with van der Waals surface area (Å²) in [5, 5.41) is 0. The zero-order chi connectivity index (χ0) is 15.1. The minimum absolute atomic E-state index is 0.0217. The van der Waals surface area contributed by atoms with Crippen molar-refractivity contribution in [2.24, 2.45) is 0 Å². The number of carbonyl (C=O) groups excluding carboxylic acids is 1. The zero-order valence-electron chi connectivity index (χ0n) is 12.4. The lowest BCUT2D eigenvalue weighted by molar-refractivity contribution is -0.137. The van der Waals surface area contributed by atoms with Gasteiger partial charge in [-0.25, -0.2) is 4.39 Å². The van der Waals surface area contributed by atoms with Crippen molar-refractivity contribution in [3.05, 3.63) is 30.1 Å². The number of carbonyl (C=O) groups is 1. The van der Waals surface area contributed by atoms with Gasteiger partial charge in [0.1, 0.15) is 11.6 Å².